The maximum atomic E-state index is 12.0. The number of hydrogen-bond acceptors (Lipinski definition) is 3. The number of esters is 1. The molecule has 0 aromatic heterocycles. The van der Waals surface area contributed by atoms with E-state index in [0.717, 1.165) is 32.1 Å². The molecule has 1 aliphatic rings. The van der Waals surface area contributed by atoms with Crippen LogP contribution in [0.1, 0.15) is 59.8 Å². The zero-order valence-corrected chi connectivity index (χ0v) is 11.7. The van der Waals surface area contributed by atoms with Crippen LogP contribution in [-0.4, -0.2) is 18.1 Å². The molecule has 0 aromatic rings. The number of nitrogens with two attached hydrogens (primary N) is 1. The first-order valence-corrected chi connectivity index (χ1v) is 6.69. The number of hydrogen-bond donors (Lipinski definition) is 1. The average Bonchev–Trinajstić information content (AvgIpc) is 2.21. The maximum Gasteiger partial charge on any atom is 0.326 e. The number of rotatable bonds is 3. The van der Waals surface area contributed by atoms with E-state index in [0.29, 0.717) is 12.5 Å². The maximum absolute atomic E-state index is 12.0. The van der Waals surface area contributed by atoms with Crippen LogP contribution in [-0.2, 0) is 9.53 Å². The van der Waals surface area contributed by atoms with E-state index in [1.165, 1.54) is 0 Å². The van der Waals surface area contributed by atoms with Gasteiger partial charge in [0.1, 0.15) is 5.54 Å². The Labute approximate surface area is 105 Å². The molecule has 0 radical (unpaired) electrons. The average molecular weight is 241 g/mol. The Morgan fingerprint density at radius 2 is 1.88 bits per heavy atom. The Hall–Kier alpha value is -0.570. The summed E-state index contributed by atoms with van der Waals surface area (Å²) in [7, 11) is 0. The lowest BCUT2D eigenvalue weighted by Crippen LogP contribution is -2.51. The van der Waals surface area contributed by atoms with Crippen molar-refractivity contribution in [1.82, 2.24) is 0 Å². The molecule has 2 N–H and O–H groups in total. The Morgan fingerprint density at radius 3 is 2.35 bits per heavy atom. The quantitative estimate of drug-likeness (QED) is 0.773. The number of ether oxygens (including phenoxy) is 1. The van der Waals surface area contributed by atoms with Crippen LogP contribution in [0.2, 0.25) is 0 Å². The van der Waals surface area contributed by atoms with Crippen molar-refractivity contribution in [3.05, 3.63) is 0 Å². The van der Waals surface area contributed by atoms with Crippen LogP contribution in [0.3, 0.4) is 0 Å². The molecular weight excluding hydrogens is 214 g/mol. The summed E-state index contributed by atoms with van der Waals surface area (Å²) in [5.74, 6) is 0.489. The largest absolute Gasteiger partial charge is 0.464 e. The van der Waals surface area contributed by atoms with Crippen molar-refractivity contribution in [2.24, 2.45) is 17.1 Å². The molecular formula is C14H27NO2. The molecule has 0 saturated heterocycles. The third-order valence-electron chi connectivity index (χ3n) is 3.66. The van der Waals surface area contributed by atoms with Gasteiger partial charge in [-0.15, -0.1) is 0 Å². The van der Waals surface area contributed by atoms with E-state index in [9.17, 15) is 4.79 Å². The topological polar surface area (TPSA) is 52.3 Å². The van der Waals surface area contributed by atoms with Gasteiger partial charge in [0.05, 0.1) is 6.61 Å². The molecule has 0 amide bonds. The molecule has 0 heterocycles. The Morgan fingerprint density at radius 1 is 1.35 bits per heavy atom. The van der Waals surface area contributed by atoms with Gasteiger partial charge in [0.15, 0.2) is 0 Å². The molecule has 0 spiro atoms. The van der Waals surface area contributed by atoms with Crippen molar-refractivity contribution in [1.29, 1.82) is 0 Å². The fourth-order valence-corrected chi connectivity index (χ4v) is 2.08. The molecule has 1 aliphatic carbocycles. The first kappa shape index (κ1) is 14.5. The minimum absolute atomic E-state index is 0.198. The van der Waals surface area contributed by atoms with Gasteiger partial charge in [0.25, 0.3) is 0 Å². The lowest BCUT2D eigenvalue weighted by Gasteiger charge is -2.34. The summed E-state index contributed by atoms with van der Waals surface area (Å²) < 4.78 is 5.33. The lowest BCUT2D eigenvalue weighted by molar-refractivity contribution is -0.152. The lowest BCUT2D eigenvalue weighted by atomic mass is 9.78. The van der Waals surface area contributed by atoms with E-state index in [-0.39, 0.29) is 11.4 Å². The fourth-order valence-electron chi connectivity index (χ4n) is 2.08. The Balaban J connectivity index is 2.37. The summed E-state index contributed by atoms with van der Waals surface area (Å²) >= 11 is 0. The third-order valence-corrected chi connectivity index (χ3v) is 3.66. The van der Waals surface area contributed by atoms with Crippen LogP contribution in [0, 0.1) is 11.3 Å². The monoisotopic (exact) mass is 241 g/mol. The van der Waals surface area contributed by atoms with Crippen molar-refractivity contribution >= 4 is 5.97 Å². The van der Waals surface area contributed by atoms with Crippen molar-refractivity contribution < 1.29 is 9.53 Å². The Bertz CT molecular complexity index is 260. The van der Waals surface area contributed by atoms with Crippen LogP contribution in [0.25, 0.3) is 0 Å². The minimum Gasteiger partial charge on any atom is -0.464 e. The first-order chi connectivity index (χ1) is 7.73. The molecule has 0 aliphatic heterocycles. The second kappa shape index (κ2) is 5.38. The molecule has 17 heavy (non-hydrogen) atoms. The van der Waals surface area contributed by atoms with Crippen molar-refractivity contribution in [3.63, 3.8) is 0 Å². The van der Waals surface area contributed by atoms with Gasteiger partial charge in [-0.05, 0) is 43.4 Å². The van der Waals surface area contributed by atoms with Crippen molar-refractivity contribution in [3.8, 4) is 0 Å². The molecule has 0 bridgehead atoms. The summed E-state index contributed by atoms with van der Waals surface area (Å²) in [5.41, 5.74) is 5.62. The summed E-state index contributed by atoms with van der Waals surface area (Å²) in [6.45, 7) is 9.12. The Kier molecular flexibility index (Phi) is 4.59. The fraction of sp³-hybridized carbons (Fsp3) is 0.929. The van der Waals surface area contributed by atoms with Crippen LogP contribution >= 0.6 is 0 Å². The molecule has 1 fully saturated rings. The second-order valence-electron chi connectivity index (χ2n) is 6.79. The molecule has 1 rings (SSSR count). The van der Waals surface area contributed by atoms with Gasteiger partial charge in [-0.1, -0.05) is 27.7 Å². The van der Waals surface area contributed by atoms with E-state index in [1.54, 1.807) is 0 Å². The highest BCUT2D eigenvalue weighted by atomic mass is 16.5. The van der Waals surface area contributed by atoms with Gasteiger partial charge >= 0.3 is 5.97 Å². The summed E-state index contributed by atoms with van der Waals surface area (Å²) in [4.78, 5) is 12.0. The van der Waals surface area contributed by atoms with Gasteiger partial charge in [-0.2, -0.15) is 0 Å². The normalized spacial score (nSPS) is 30.1. The third kappa shape index (κ3) is 4.66. The highest BCUT2D eigenvalue weighted by Gasteiger charge is 2.38. The molecule has 0 aromatic carbocycles. The predicted molar refractivity (Wildman–Crippen MR) is 69.6 cm³/mol. The predicted octanol–water partition coefficient (Wildman–Crippen LogP) is 2.87. The smallest absolute Gasteiger partial charge is 0.326 e. The van der Waals surface area contributed by atoms with Gasteiger partial charge in [0, 0.05) is 0 Å². The molecule has 1 saturated carbocycles. The second-order valence-corrected chi connectivity index (χ2v) is 6.79. The summed E-state index contributed by atoms with van der Waals surface area (Å²) in [5, 5.41) is 0. The van der Waals surface area contributed by atoms with Crippen molar-refractivity contribution in [2.75, 3.05) is 6.61 Å². The summed E-state index contributed by atoms with van der Waals surface area (Å²) in [6.07, 6.45) is 4.48. The van der Waals surface area contributed by atoms with Gasteiger partial charge in [-0.25, -0.2) is 0 Å². The van der Waals surface area contributed by atoms with E-state index in [2.05, 4.69) is 27.7 Å². The zero-order chi connectivity index (χ0) is 13.1. The highest BCUT2D eigenvalue weighted by molar-refractivity contribution is 5.80. The number of carbonyl (C=O) groups excluding carboxylic acids is 1. The van der Waals surface area contributed by atoms with E-state index in [1.807, 2.05) is 0 Å². The van der Waals surface area contributed by atoms with E-state index in [4.69, 9.17) is 10.5 Å². The summed E-state index contributed by atoms with van der Waals surface area (Å²) in [6, 6.07) is 0. The SMILES string of the molecule is CC1CCC(N)(C(=O)OCCC(C)(C)C)CC1. The zero-order valence-electron chi connectivity index (χ0n) is 11.7. The molecule has 100 valence electrons. The highest BCUT2D eigenvalue weighted by Crippen LogP contribution is 2.31. The van der Waals surface area contributed by atoms with Gasteiger partial charge in [0.2, 0.25) is 0 Å². The number of carbonyl (C=O) groups is 1. The van der Waals surface area contributed by atoms with Crippen LogP contribution in [0.15, 0.2) is 0 Å². The van der Waals surface area contributed by atoms with Crippen molar-refractivity contribution in [2.45, 2.75) is 65.3 Å². The van der Waals surface area contributed by atoms with Crippen LogP contribution in [0.4, 0.5) is 0 Å². The molecule has 0 atom stereocenters. The molecule has 3 heteroatoms. The van der Waals surface area contributed by atoms with E-state index < -0.39 is 5.54 Å². The van der Waals surface area contributed by atoms with E-state index >= 15 is 0 Å². The van der Waals surface area contributed by atoms with Crippen LogP contribution in [0.5, 0.6) is 0 Å². The molecule has 3 nitrogen and oxygen atoms in total. The first-order valence-electron chi connectivity index (χ1n) is 6.69. The minimum atomic E-state index is -0.718. The van der Waals surface area contributed by atoms with Gasteiger partial charge < -0.3 is 10.5 Å². The van der Waals surface area contributed by atoms with Crippen LogP contribution < -0.4 is 5.73 Å². The van der Waals surface area contributed by atoms with Gasteiger partial charge in [-0.3, -0.25) is 4.79 Å². The standard InChI is InChI=1S/C14H27NO2/c1-11-5-7-14(15,8-6-11)12(16)17-10-9-13(2,3)4/h11H,5-10,15H2,1-4H3. The molecule has 0 unspecified atom stereocenters.